The van der Waals surface area contributed by atoms with Crippen molar-refractivity contribution in [3.8, 4) is 6.07 Å². The summed E-state index contributed by atoms with van der Waals surface area (Å²) in [6.45, 7) is 0. The van der Waals surface area contributed by atoms with E-state index >= 15 is 0 Å². The zero-order valence-corrected chi connectivity index (χ0v) is 8.96. The molecule has 6 heteroatoms. The lowest BCUT2D eigenvalue weighted by molar-refractivity contribution is 0.112. The number of alkyl halides is 3. The quantitative estimate of drug-likeness (QED) is 0.629. The molecular weight excluding hydrogens is 270 g/mol. The molecule has 0 bridgehead atoms. The number of nitriles is 1. The third kappa shape index (κ3) is 2.36. The van der Waals surface area contributed by atoms with Crippen LogP contribution >= 0.6 is 15.9 Å². The third-order valence-electron chi connectivity index (χ3n) is 1.75. The van der Waals surface area contributed by atoms with Crippen molar-refractivity contribution in [2.45, 2.75) is 11.8 Å². The highest BCUT2D eigenvalue weighted by Gasteiger charge is 2.16. The average molecular weight is 275 g/mol. The van der Waals surface area contributed by atoms with E-state index < -0.39 is 12.1 Å². The molecule has 0 aliphatic carbocycles. The predicted octanol–water partition coefficient (Wildman–Crippen LogP) is 2.60. The highest BCUT2D eigenvalue weighted by atomic mass is 79.9. The molecule has 0 aliphatic rings. The first-order valence-electron chi connectivity index (χ1n) is 3.87. The van der Waals surface area contributed by atoms with Crippen LogP contribution in [-0.4, -0.2) is 11.3 Å². The number of pyridine rings is 1. The number of hydrogen-bond donors (Lipinski definition) is 0. The van der Waals surface area contributed by atoms with Gasteiger partial charge in [-0.2, -0.15) is 5.26 Å². The highest BCUT2D eigenvalue weighted by molar-refractivity contribution is 9.08. The molecule has 0 saturated carbocycles. The third-order valence-corrected chi connectivity index (χ3v) is 2.28. The van der Waals surface area contributed by atoms with Crippen molar-refractivity contribution in [1.82, 2.24) is 4.98 Å². The average Bonchev–Trinajstić information content (AvgIpc) is 2.26. The van der Waals surface area contributed by atoms with Crippen molar-refractivity contribution in [1.29, 1.82) is 5.26 Å². The van der Waals surface area contributed by atoms with Crippen LogP contribution in [0.1, 0.15) is 33.7 Å². The molecule has 1 heterocycles. The second-order valence-corrected chi connectivity index (χ2v) is 3.18. The number of aromatic nitrogens is 1. The molecule has 1 rings (SSSR count). The fraction of sp³-hybridized carbons (Fsp3) is 0.222. The van der Waals surface area contributed by atoms with Crippen LogP contribution in [0.25, 0.3) is 0 Å². The molecule has 0 fully saturated rings. The van der Waals surface area contributed by atoms with Crippen LogP contribution in [0.3, 0.4) is 0 Å². The molecule has 1 aromatic heterocycles. The summed E-state index contributed by atoms with van der Waals surface area (Å²) in [6, 6.07) is 2.62. The maximum absolute atomic E-state index is 12.4. The van der Waals surface area contributed by atoms with E-state index in [2.05, 4.69) is 20.9 Å². The lowest BCUT2D eigenvalue weighted by Crippen LogP contribution is -2.03. The van der Waals surface area contributed by atoms with Gasteiger partial charge in [-0.05, 0) is 6.07 Å². The summed E-state index contributed by atoms with van der Waals surface area (Å²) in [5.74, 6) is 0. The number of carbonyl (C=O) groups is 1. The van der Waals surface area contributed by atoms with Crippen LogP contribution in [-0.2, 0) is 5.33 Å². The minimum absolute atomic E-state index is 0.0544. The van der Waals surface area contributed by atoms with Crippen LogP contribution in [0.15, 0.2) is 6.07 Å². The van der Waals surface area contributed by atoms with Crippen LogP contribution in [0, 0.1) is 11.3 Å². The Kier molecular flexibility index (Phi) is 3.86. The maximum atomic E-state index is 12.4. The summed E-state index contributed by atoms with van der Waals surface area (Å²) in [7, 11) is 0. The molecule has 0 atom stereocenters. The van der Waals surface area contributed by atoms with Crippen molar-refractivity contribution in [2.75, 3.05) is 0 Å². The number of aldehydes is 1. The zero-order chi connectivity index (χ0) is 11.4. The van der Waals surface area contributed by atoms with Gasteiger partial charge in [-0.15, -0.1) is 0 Å². The van der Waals surface area contributed by atoms with Gasteiger partial charge in [0.15, 0.2) is 6.29 Å². The van der Waals surface area contributed by atoms with E-state index in [-0.39, 0.29) is 22.2 Å². The van der Waals surface area contributed by atoms with E-state index in [1.165, 1.54) is 0 Å². The van der Waals surface area contributed by atoms with Crippen molar-refractivity contribution >= 4 is 22.2 Å². The van der Waals surface area contributed by atoms with Gasteiger partial charge in [0.2, 0.25) is 0 Å². The van der Waals surface area contributed by atoms with Gasteiger partial charge in [0, 0.05) is 5.33 Å². The smallest absolute Gasteiger partial charge is 0.280 e. The second-order valence-electron chi connectivity index (χ2n) is 2.62. The standard InChI is InChI=1S/C9H5BrF2N2O/c10-2-8-6(4-15)5(3-13)1-7(14-8)9(11)12/h1,4,9H,2H2. The highest BCUT2D eigenvalue weighted by Crippen LogP contribution is 2.22. The van der Waals surface area contributed by atoms with Crippen LogP contribution in [0.5, 0.6) is 0 Å². The van der Waals surface area contributed by atoms with Crippen molar-refractivity contribution in [3.05, 3.63) is 28.6 Å². The van der Waals surface area contributed by atoms with Crippen LogP contribution < -0.4 is 0 Å². The number of carbonyl (C=O) groups excluding carboxylic acids is 1. The Morgan fingerprint density at radius 1 is 1.67 bits per heavy atom. The minimum atomic E-state index is -2.75. The number of hydrogen-bond acceptors (Lipinski definition) is 3. The van der Waals surface area contributed by atoms with E-state index in [4.69, 9.17) is 5.26 Å². The fourth-order valence-electron chi connectivity index (χ4n) is 1.07. The summed E-state index contributed by atoms with van der Waals surface area (Å²) < 4.78 is 24.7. The number of halogens is 3. The summed E-state index contributed by atoms with van der Waals surface area (Å²) in [6.07, 6.45) is -2.31. The van der Waals surface area contributed by atoms with Gasteiger partial charge in [-0.1, -0.05) is 15.9 Å². The predicted molar refractivity (Wildman–Crippen MR) is 51.9 cm³/mol. The Labute approximate surface area is 92.9 Å². The molecule has 0 spiro atoms. The Morgan fingerprint density at radius 3 is 2.73 bits per heavy atom. The normalized spacial score (nSPS) is 10.1. The van der Waals surface area contributed by atoms with E-state index in [1.807, 2.05) is 0 Å². The molecule has 15 heavy (non-hydrogen) atoms. The molecule has 78 valence electrons. The number of rotatable bonds is 3. The molecule has 0 unspecified atom stereocenters. The minimum Gasteiger partial charge on any atom is -0.298 e. The summed E-state index contributed by atoms with van der Waals surface area (Å²) in [5.41, 5.74) is -0.366. The molecule has 3 nitrogen and oxygen atoms in total. The first kappa shape index (κ1) is 11.7. The molecular formula is C9H5BrF2N2O. The Morgan fingerprint density at radius 2 is 2.33 bits per heavy atom. The monoisotopic (exact) mass is 274 g/mol. The summed E-state index contributed by atoms with van der Waals surface area (Å²) >= 11 is 3.02. The van der Waals surface area contributed by atoms with E-state index in [0.717, 1.165) is 6.07 Å². The topological polar surface area (TPSA) is 53.8 Å². The van der Waals surface area contributed by atoms with Crippen molar-refractivity contribution in [2.24, 2.45) is 0 Å². The SMILES string of the molecule is N#Cc1cc(C(F)F)nc(CBr)c1C=O. The summed E-state index contributed by atoms with van der Waals surface area (Å²) in [4.78, 5) is 14.2. The van der Waals surface area contributed by atoms with Gasteiger partial charge >= 0.3 is 0 Å². The zero-order valence-electron chi connectivity index (χ0n) is 7.38. The van der Waals surface area contributed by atoms with Gasteiger partial charge in [0.05, 0.1) is 16.8 Å². The van der Waals surface area contributed by atoms with E-state index in [1.54, 1.807) is 6.07 Å². The molecule has 1 aromatic rings. The molecule has 0 N–H and O–H groups in total. The summed E-state index contributed by atoms with van der Waals surface area (Å²) in [5, 5.41) is 8.83. The van der Waals surface area contributed by atoms with Gasteiger partial charge in [-0.25, -0.2) is 8.78 Å². The van der Waals surface area contributed by atoms with Gasteiger partial charge in [-0.3, -0.25) is 9.78 Å². The van der Waals surface area contributed by atoms with E-state index in [0.29, 0.717) is 6.29 Å². The molecule has 0 amide bonds. The van der Waals surface area contributed by atoms with Gasteiger partial charge < -0.3 is 0 Å². The maximum Gasteiger partial charge on any atom is 0.280 e. The lowest BCUT2D eigenvalue weighted by atomic mass is 10.1. The Bertz CT molecular complexity index is 429. The van der Waals surface area contributed by atoms with Gasteiger partial charge in [0.1, 0.15) is 11.8 Å². The van der Waals surface area contributed by atoms with Crippen molar-refractivity contribution < 1.29 is 13.6 Å². The Balaban J connectivity index is 3.44. The first-order chi connectivity index (χ1) is 7.13. The fourth-order valence-corrected chi connectivity index (χ4v) is 1.49. The molecule has 0 aromatic carbocycles. The van der Waals surface area contributed by atoms with Crippen LogP contribution in [0.4, 0.5) is 8.78 Å². The molecule has 0 radical (unpaired) electrons. The lowest BCUT2D eigenvalue weighted by Gasteiger charge is -2.05. The Hall–Kier alpha value is -1.35. The molecule has 0 aliphatic heterocycles. The van der Waals surface area contributed by atoms with E-state index in [9.17, 15) is 13.6 Å². The van der Waals surface area contributed by atoms with Crippen LogP contribution in [0.2, 0.25) is 0 Å². The largest absolute Gasteiger partial charge is 0.298 e. The van der Waals surface area contributed by atoms with Crippen molar-refractivity contribution in [3.63, 3.8) is 0 Å². The second kappa shape index (κ2) is 4.94. The first-order valence-corrected chi connectivity index (χ1v) is 4.99. The number of nitrogens with zero attached hydrogens (tertiary/aromatic N) is 2. The van der Waals surface area contributed by atoms with Gasteiger partial charge in [0.25, 0.3) is 6.43 Å². The molecule has 0 saturated heterocycles.